The van der Waals surface area contributed by atoms with Crippen LogP contribution in [0.1, 0.15) is 25.0 Å². The van der Waals surface area contributed by atoms with Gasteiger partial charge in [0.2, 0.25) is 0 Å². The molecule has 0 saturated heterocycles. The van der Waals surface area contributed by atoms with Crippen LogP contribution in [0.5, 0.6) is 0 Å². The molecule has 25 heavy (non-hydrogen) atoms. The van der Waals surface area contributed by atoms with E-state index in [1.54, 1.807) is 13.1 Å². The Morgan fingerprint density at radius 3 is 2.84 bits per heavy atom. The van der Waals surface area contributed by atoms with Gasteiger partial charge in [-0.25, -0.2) is 14.6 Å². The summed E-state index contributed by atoms with van der Waals surface area (Å²) in [5.41, 5.74) is 4.03. The number of aryl methyl sites for hydroxylation is 2. The highest BCUT2D eigenvalue weighted by molar-refractivity contribution is 8.00. The first-order valence-corrected chi connectivity index (χ1v) is 8.99. The number of thioether (sulfide) groups is 1. The van der Waals surface area contributed by atoms with E-state index in [9.17, 15) is 4.79 Å². The van der Waals surface area contributed by atoms with Crippen molar-refractivity contribution in [2.75, 3.05) is 6.61 Å². The predicted molar refractivity (Wildman–Crippen MR) is 98.1 cm³/mol. The van der Waals surface area contributed by atoms with Crippen molar-refractivity contribution >= 4 is 28.8 Å². The summed E-state index contributed by atoms with van der Waals surface area (Å²) in [4.78, 5) is 20.6. The van der Waals surface area contributed by atoms with Gasteiger partial charge in [0, 0.05) is 0 Å². The van der Waals surface area contributed by atoms with Crippen LogP contribution in [0.3, 0.4) is 0 Å². The normalized spacial score (nSPS) is 12.3. The van der Waals surface area contributed by atoms with Gasteiger partial charge in [0.25, 0.3) is 0 Å². The Labute approximate surface area is 150 Å². The minimum absolute atomic E-state index is 0.249. The van der Waals surface area contributed by atoms with E-state index < -0.39 is 0 Å². The summed E-state index contributed by atoms with van der Waals surface area (Å²) >= 11 is 1.36. The zero-order valence-electron chi connectivity index (χ0n) is 14.7. The minimum Gasteiger partial charge on any atom is -0.465 e. The maximum Gasteiger partial charge on any atom is 0.319 e. The fourth-order valence-corrected chi connectivity index (χ4v) is 3.49. The average Bonchev–Trinajstić information content (AvgIpc) is 3.00. The van der Waals surface area contributed by atoms with Crippen molar-refractivity contribution < 1.29 is 9.53 Å². The van der Waals surface area contributed by atoms with Crippen molar-refractivity contribution in [1.82, 2.24) is 19.7 Å². The molecule has 0 N–H and O–H groups in total. The SMILES string of the molecule is CCOC(=O)C(C)Sc1ncnc2c1cnn2-c1ccc(C)cc1C. The number of hydrogen-bond donors (Lipinski definition) is 0. The molecule has 3 rings (SSSR count). The van der Waals surface area contributed by atoms with Crippen LogP contribution in [0.25, 0.3) is 16.7 Å². The van der Waals surface area contributed by atoms with Crippen LogP contribution in [-0.4, -0.2) is 37.6 Å². The van der Waals surface area contributed by atoms with E-state index in [4.69, 9.17) is 4.74 Å². The molecule has 0 amide bonds. The lowest BCUT2D eigenvalue weighted by Gasteiger charge is -2.10. The molecule has 0 aliphatic carbocycles. The van der Waals surface area contributed by atoms with Crippen molar-refractivity contribution in [1.29, 1.82) is 0 Å². The Kier molecular flexibility index (Phi) is 5.03. The molecule has 1 atom stereocenters. The lowest BCUT2D eigenvalue weighted by molar-refractivity contribution is -0.142. The van der Waals surface area contributed by atoms with Crippen molar-refractivity contribution in [3.8, 4) is 5.69 Å². The van der Waals surface area contributed by atoms with E-state index in [0.29, 0.717) is 6.61 Å². The van der Waals surface area contributed by atoms with Gasteiger partial charge in [0.05, 0.1) is 23.9 Å². The predicted octanol–water partition coefficient (Wildman–Crippen LogP) is 3.48. The molecule has 0 radical (unpaired) electrons. The Morgan fingerprint density at radius 2 is 2.12 bits per heavy atom. The molecule has 7 heteroatoms. The number of carbonyl (C=O) groups is 1. The van der Waals surface area contributed by atoms with Crippen LogP contribution in [-0.2, 0) is 9.53 Å². The Morgan fingerprint density at radius 1 is 1.32 bits per heavy atom. The lowest BCUT2D eigenvalue weighted by Crippen LogP contribution is -2.16. The summed E-state index contributed by atoms with van der Waals surface area (Å²) in [5, 5.41) is 5.69. The number of esters is 1. The number of benzene rings is 1. The summed E-state index contributed by atoms with van der Waals surface area (Å²) < 4.78 is 6.88. The van der Waals surface area contributed by atoms with E-state index in [1.165, 1.54) is 23.7 Å². The summed E-state index contributed by atoms with van der Waals surface area (Å²) in [6.07, 6.45) is 3.25. The Hall–Kier alpha value is -2.41. The van der Waals surface area contributed by atoms with Crippen LogP contribution in [0.2, 0.25) is 0 Å². The first-order valence-electron chi connectivity index (χ1n) is 8.11. The molecule has 6 nitrogen and oxygen atoms in total. The topological polar surface area (TPSA) is 69.9 Å². The Bertz CT molecular complexity index is 923. The molecule has 1 unspecified atom stereocenters. The zero-order chi connectivity index (χ0) is 18.0. The second-order valence-electron chi connectivity index (χ2n) is 5.77. The van der Waals surface area contributed by atoms with Crippen LogP contribution in [0.4, 0.5) is 0 Å². The average molecular weight is 356 g/mol. The summed E-state index contributed by atoms with van der Waals surface area (Å²) in [6.45, 7) is 8.09. The van der Waals surface area contributed by atoms with Gasteiger partial charge in [-0.3, -0.25) is 4.79 Å². The first kappa shape index (κ1) is 17.4. The third-order valence-corrected chi connectivity index (χ3v) is 4.91. The Balaban J connectivity index is 1.99. The van der Waals surface area contributed by atoms with Crippen molar-refractivity contribution in [2.45, 2.75) is 38.0 Å². The molecule has 0 saturated carbocycles. The first-order chi connectivity index (χ1) is 12.0. The second kappa shape index (κ2) is 7.23. The van der Waals surface area contributed by atoms with Crippen LogP contribution < -0.4 is 0 Å². The van der Waals surface area contributed by atoms with Crippen LogP contribution in [0.15, 0.2) is 35.7 Å². The fraction of sp³-hybridized carbons (Fsp3) is 0.333. The van der Waals surface area contributed by atoms with Gasteiger partial charge in [-0.05, 0) is 39.3 Å². The van der Waals surface area contributed by atoms with E-state index in [-0.39, 0.29) is 11.2 Å². The molecule has 1 aromatic carbocycles. The largest absolute Gasteiger partial charge is 0.465 e. The molecule has 0 bridgehead atoms. The van der Waals surface area contributed by atoms with Gasteiger partial charge in [-0.1, -0.05) is 29.5 Å². The summed E-state index contributed by atoms with van der Waals surface area (Å²) in [7, 11) is 0. The molecule has 2 heterocycles. The fourth-order valence-electron chi connectivity index (χ4n) is 2.61. The number of ether oxygens (including phenoxy) is 1. The second-order valence-corrected chi connectivity index (χ2v) is 7.10. The maximum absolute atomic E-state index is 11.9. The van der Waals surface area contributed by atoms with Crippen LogP contribution in [0, 0.1) is 13.8 Å². The highest BCUT2D eigenvalue weighted by Crippen LogP contribution is 2.29. The maximum atomic E-state index is 11.9. The molecule has 0 aliphatic heterocycles. The molecule has 0 fully saturated rings. The van der Waals surface area contributed by atoms with E-state index in [0.717, 1.165) is 27.3 Å². The molecule has 3 aromatic rings. The van der Waals surface area contributed by atoms with Gasteiger partial charge in [-0.15, -0.1) is 0 Å². The van der Waals surface area contributed by atoms with E-state index in [2.05, 4.69) is 41.0 Å². The minimum atomic E-state index is -0.345. The van der Waals surface area contributed by atoms with Gasteiger partial charge < -0.3 is 4.74 Å². The number of carbonyl (C=O) groups excluding carboxylic acids is 1. The number of aromatic nitrogens is 4. The monoisotopic (exact) mass is 356 g/mol. The molecular formula is C18H20N4O2S. The zero-order valence-corrected chi connectivity index (χ0v) is 15.5. The third kappa shape index (κ3) is 3.51. The molecule has 2 aromatic heterocycles. The standard InChI is InChI=1S/C18H20N4O2S/c1-5-24-18(23)13(4)25-17-14-9-21-22(16(14)19-10-20-17)15-7-6-11(2)8-12(15)3/h6-10,13H,5H2,1-4H3. The summed E-state index contributed by atoms with van der Waals surface area (Å²) in [6, 6.07) is 6.20. The van der Waals surface area contributed by atoms with E-state index >= 15 is 0 Å². The summed E-state index contributed by atoms with van der Waals surface area (Å²) in [5.74, 6) is -0.249. The smallest absolute Gasteiger partial charge is 0.319 e. The van der Waals surface area contributed by atoms with Crippen molar-refractivity contribution in [3.63, 3.8) is 0 Å². The number of nitrogens with zero attached hydrogens (tertiary/aromatic N) is 4. The van der Waals surface area contributed by atoms with Gasteiger partial charge in [-0.2, -0.15) is 5.10 Å². The van der Waals surface area contributed by atoms with Crippen molar-refractivity contribution in [3.05, 3.63) is 41.9 Å². The van der Waals surface area contributed by atoms with Crippen LogP contribution >= 0.6 is 11.8 Å². The van der Waals surface area contributed by atoms with Gasteiger partial charge in [0.15, 0.2) is 5.65 Å². The van der Waals surface area contributed by atoms with Gasteiger partial charge in [0.1, 0.15) is 16.6 Å². The number of rotatable bonds is 5. The number of fused-ring (bicyclic) bond motifs is 1. The quantitative estimate of drug-likeness (QED) is 0.396. The molecule has 0 spiro atoms. The van der Waals surface area contributed by atoms with Crippen molar-refractivity contribution in [2.24, 2.45) is 0 Å². The van der Waals surface area contributed by atoms with Gasteiger partial charge >= 0.3 is 5.97 Å². The van der Waals surface area contributed by atoms with E-state index in [1.807, 2.05) is 17.7 Å². The highest BCUT2D eigenvalue weighted by atomic mass is 32.2. The number of hydrogen-bond acceptors (Lipinski definition) is 6. The third-order valence-electron chi connectivity index (χ3n) is 3.82. The highest BCUT2D eigenvalue weighted by Gasteiger charge is 2.19. The molecule has 130 valence electrons. The lowest BCUT2D eigenvalue weighted by atomic mass is 10.1. The molecule has 0 aliphatic rings. The molecular weight excluding hydrogens is 336 g/mol.